The van der Waals surface area contributed by atoms with Gasteiger partial charge >= 0.3 is 0 Å². The van der Waals surface area contributed by atoms with E-state index < -0.39 is 0 Å². The minimum Gasteiger partial charge on any atom is -0.380 e. The molecular formula is C12H10Cl2OS. The van der Waals surface area contributed by atoms with Crippen LogP contribution in [0.5, 0.6) is 0 Å². The Morgan fingerprint density at radius 2 is 2.06 bits per heavy atom. The summed E-state index contributed by atoms with van der Waals surface area (Å²) in [4.78, 5) is 0. The second-order valence-corrected chi connectivity index (χ2v) is 5.66. The van der Waals surface area contributed by atoms with Crippen LogP contribution in [0.4, 0.5) is 0 Å². The van der Waals surface area contributed by atoms with Crippen molar-refractivity contribution in [3.8, 4) is 11.1 Å². The van der Waals surface area contributed by atoms with Crippen molar-refractivity contribution in [3.05, 3.63) is 44.6 Å². The summed E-state index contributed by atoms with van der Waals surface area (Å²) >= 11 is 13.4. The number of methoxy groups -OCH3 is 1. The van der Waals surface area contributed by atoms with Gasteiger partial charge in [-0.25, -0.2) is 0 Å². The lowest BCUT2D eigenvalue weighted by molar-refractivity contribution is 0.185. The molecule has 1 heterocycles. The molecule has 0 aliphatic heterocycles. The zero-order valence-corrected chi connectivity index (χ0v) is 11.0. The summed E-state index contributed by atoms with van der Waals surface area (Å²) in [6.07, 6.45) is 0. The summed E-state index contributed by atoms with van der Waals surface area (Å²) in [6, 6.07) is 9.98. The van der Waals surface area contributed by atoms with Crippen LogP contribution < -0.4 is 0 Å². The first-order valence-electron chi connectivity index (χ1n) is 4.74. The van der Waals surface area contributed by atoms with E-state index in [1.54, 1.807) is 7.11 Å². The Labute approximate surface area is 109 Å². The molecule has 0 spiro atoms. The van der Waals surface area contributed by atoms with Gasteiger partial charge in [-0.3, -0.25) is 0 Å². The smallest absolute Gasteiger partial charge is 0.102 e. The van der Waals surface area contributed by atoms with Gasteiger partial charge in [-0.2, -0.15) is 0 Å². The Morgan fingerprint density at radius 1 is 1.25 bits per heavy atom. The molecule has 4 heteroatoms. The number of hydrogen-bond donors (Lipinski definition) is 0. The fourth-order valence-electron chi connectivity index (χ4n) is 1.53. The molecule has 0 amide bonds. The van der Waals surface area contributed by atoms with Gasteiger partial charge in [0.2, 0.25) is 0 Å². The minimum absolute atomic E-state index is 0.601. The predicted molar refractivity (Wildman–Crippen MR) is 70.5 cm³/mol. The Morgan fingerprint density at radius 3 is 2.69 bits per heavy atom. The highest BCUT2D eigenvalue weighted by atomic mass is 35.5. The van der Waals surface area contributed by atoms with Crippen LogP contribution in [0.25, 0.3) is 11.1 Å². The topological polar surface area (TPSA) is 9.23 Å². The van der Waals surface area contributed by atoms with Crippen LogP contribution in [0.15, 0.2) is 30.3 Å². The summed E-state index contributed by atoms with van der Waals surface area (Å²) in [5.74, 6) is 0. The summed E-state index contributed by atoms with van der Waals surface area (Å²) < 4.78 is 6.53. The molecule has 0 saturated carbocycles. The fourth-order valence-corrected chi connectivity index (χ4v) is 3.04. The van der Waals surface area contributed by atoms with E-state index >= 15 is 0 Å². The zero-order chi connectivity index (χ0) is 11.5. The number of benzene rings is 1. The van der Waals surface area contributed by atoms with E-state index in [0.29, 0.717) is 10.9 Å². The van der Waals surface area contributed by atoms with Gasteiger partial charge in [0, 0.05) is 12.7 Å². The first-order chi connectivity index (χ1) is 7.70. The number of ether oxygens (including phenoxy) is 1. The minimum atomic E-state index is 0.601. The van der Waals surface area contributed by atoms with Crippen molar-refractivity contribution in [2.45, 2.75) is 6.61 Å². The van der Waals surface area contributed by atoms with Crippen molar-refractivity contribution in [2.75, 3.05) is 7.11 Å². The Balaban J connectivity index is 2.40. The fraction of sp³-hybridized carbons (Fsp3) is 0.167. The van der Waals surface area contributed by atoms with Crippen LogP contribution in [-0.4, -0.2) is 7.11 Å². The molecule has 0 aliphatic carbocycles. The zero-order valence-electron chi connectivity index (χ0n) is 8.67. The van der Waals surface area contributed by atoms with Gasteiger partial charge in [0.25, 0.3) is 0 Å². The molecule has 1 nitrogen and oxygen atoms in total. The third-order valence-electron chi connectivity index (χ3n) is 2.21. The van der Waals surface area contributed by atoms with Crippen molar-refractivity contribution in [3.63, 3.8) is 0 Å². The Bertz CT molecular complexity index is 494. The Kier molecular flexibility index (Phi) is 3.87. The van der Waals surface area contributed by atoms with Crippen molar-refractivity contribution in [1.82, 2.24) is 0 Å². The van der Waals surface area contributed by atoms with Gasteiger partial charge in [-0.15, -0.1) is 11.3 Å². The number of rotatable bonds is 3. The van der Waals surface area contributed by atoms with E-state index in [0.717, 1.165) is 21.0 Å². The second kappa shape index (κ2) is 5.19. The molecule has 0 radical (unpaired) electrons. The molecule has 0 saturated heterocycles. The molecule has 16 heavy (non-hydrogen) atoms. The summed E-state index contributed by atoms with van der Waals surface area (Å²) in [5, 5.41) is 0. The maximum absolute atomic E-state index is 6.11. The van der Waals surface area contributed by atoms with Crippen molar-refractivity contribution in [2.24, 2.45) is 0 Å². The average molecular weight is 273 g/mol. The molecule has 2 aromatic rings. The van der Waals surface area contributed by atoms with Crippen LogP contribution in [0, 0.1) is 0 Å². The molecule has 0 atom stereocenters. The van der Waals surface area contributed by atoms with E-state index in [4.69, 9.17) is 27.9 Å². The highest BCUT2D eigenvalue weighted by Gasteiger charge is 2.08. The van der Waals surface area contributed by atoms with Gasteiger partial charge in [-0.05, 0) is 23.3 Å². The summed E-state index contributed by atoms with van der Waals surface area (Å²) in [5.41, 5.74) is 3.18. The Hall–Kier alpha value is -0.540. The third-order valence-corrected chi connectivity index (χ3v) is 3.69. The summed E-state index contributed by atoms with van der Waals surface area (Å²) in [7, 11) is 1.68. The molecule has 1 aromatic heterocycles. The largest absolute Gasteiger partial charge is 0.380 e. The number of halogens is 2. The lowest BCUT2D eigenvalue weighted by Crippen LogP contribution is -1.87. The molecule has 1 aromatic carbocycles. The highest BCUT2D eigenvalue weighted by Crippen LogP contribution is 2.38. The molecule has 0 fully saturated rings. The normalized spacial score (nSPS) is 10.7. The van der Waals surface area contributed by atoms with E-state index in [1.165, 1.54) is 11.3 Å². The van der Waals surface area contributed by atoms with Gasteiger partial charge in [-0.1, -0.05) is 41.4 Å². The van der Waals surface area contributed by atoms with Crippen LogP contribution in [-0.2, 0) is 11.3 Å². The van der Waals surface area contributed by atoms with Gasteiger partial charge < -0.3 is 4.74 Å². The molecular weight excluding hydrogens is 263 g/mol. The molecule has 0 unspecified atom stereocenters. The molecule has 0 aliphatic rings. The number of thiophene rings is 1. The van der Waals surface area contributed by atoms with Crippen molar-refractivity contribution < 1.29 is 4.74 Å². The molecule has 0 N–H and O–H groups in total. The monoisotopic (exact) mass is 272 g/mol. The summed E-state index contributed by atoms with van der Waals surface area (Å²) in [6.45, 7) is 0.601. The number of hydrogen-bond acceptors (Lipinski definition) is 2. The lowest BCUT2D eigenvalue weighted by Gasteiger charge is -2.03. The first kappa shape index (κ1) is 11.9. The van der Waals surface area contributed by atoms with Gasteiger partial charge in [0.1, 0.15) is 4.34 Å². The van der Waals surface area contributed by atoms with Crippen LogP contribution in [0.2, 0.25) is 8.67 Å². The molecule has 84 valence electrons. The first-order valence-corrected chi connectivity index (χ1v) is 6.31. The van der Waals surface area contributed by atoms with Crippen LogP contribution in [0.3, 0.4) is 0 Å². The van der Waals surface area contributed by atoms with Gasteiger partial charge in [0.15, 0.2) is 0 Å². The van der Waals surface area contributed by atoms with Crippen molar-refractivity contribution >= 4 is 34.5 Å². The predicted octanol–water partition coefficient (Wildman–Crippen LogP) is 4.87. The van der Waals surface area contributed by atoms with Crippen LogP contribution >= 0.6 is 34.5 Å². The second-order valence-electron chi connectivity index (χ2n) is 3.37. The van der Waals surface area contributed by atoms with E-state index in [1.807, 2.05) is 24.3 Å². The molecule has 0 bridgehead atoms. The quantitative estimate of drug-likeness (QED) is 0.775. The maximum Gasteiger partial charge on any atom is 0.102 e. The maximum atomic E-state index is 6.11. The van der Waals surface area contributed by atoms with Crippen molar-refractivity contribution in [1.29, 1.82) is 0 Å². The highest BCUT2D eigenvalue weighted by molar-refractivity contribution is 7.20. The van der Waals surface area contributed by atoms with Gasteiger partial charge in [0.05, 0.1) is 10.9 Å². The van der Waals surface area contributed by atoms with Crippen LogP contribution in [0.1, 0.15) is 5.56 Å². The third kappa shape index (κ3) is 2.58. The SMILES string of the molecule is COCc1cccc(-c2cc(Cl)sc2Cl)c1. The van der Waals surface area contributed by atoms with E-state index in [9.17, 15) is 0 Å². The molecule has 2 rings (SSSR count). The average Bonchev–Trinajstić information content (AvgIpc) is 2.59. The van der Waals surface area contributed by atoms with E-state index in [2.05, 4.69) is 6.07 Å². The standard InChI is InChI=1S/C12H10Cl2OS/c1-15-7-8-3-2-4-9(5-8)10-6-11(13)16-12(10)14/h2-6H,7H2,1H3. The lowest BCUT2D eigenvalue weighted by atomic mass is 10.1. The van der Waals surface area contributed by atoms with E-state index in [-0.39, 0.29) is 0 Å².